The number of ether oxygens (including phenoxy) is 1. The Morgan fingerprint density at radius 1 is 1.28 bits per heavy atom. The van der Waals surface area contributed by atoms with E-state index < -0.39 is 20.1 Å². The maximum atomic E-state index is 12.3. The largest absolute Gasteiger partial charge is 0.478 e. The van der Waals surface area contributed by atoms with Crippen LogP contribution in [-0.2, 0) is 9.53 Å². The molecule has 0 saturated heterocycles. The molecule has 0 heterocycles. The van der Waals surface area contributed by atoms with Crippen molar-refractivity contribution in [3.8, 4) is 0 Å². The lowest BCUT2D eigenvalue weighted by Crippen LogP contribution is -2.40. The number of carboxylic acids is 1. The standard InChI is InChI=1S/C18H28N2O4Si/c1-12(17(21)22)10-14-8-9-15(20(3)4)11-16(14)19-18(23)24-13(2)25(5,6)7/h8-11,13H,1-7H3,(H,19,23)(H,21,22). The van der Waals surface area contributed by atoms with Crippen molar-refractivity contribution in [2.75, 3.05) is 24.3 Å². The lowest BCUT2D eigenvalue weighted by atomic mass is 10.1. The van der Waals surface area contributed by atoms with E-state index in [4.69, 9.17) is 9.84 Å². The van der Waals surface area contributed by atoms with Crippen molar-refractivity contribution in [3.05, 3.63) is 29.3 Å². The third kappa shape index (κ3) is 6.26. The zero-order valence-corrected chi connectivity index (χ0v) is 17.0. The Labute approximate surface area is 150 Å². The van der Waals surface area contributed by atoms with Crippen molar-refractivity contribution in [1.82, 2.24) is 0 Å². The molecule has 1 unspecified atom stereocenters. The lowest BCUT2D eigenvalue weighted by Gasteiger charge is -2.25. The van der Waals surface area contributed by atoms with Crippen LogP contribution in [0.2, 0.25) is 19.6 Å². The first-order chi connectivity index (χ1) is 11.4. The first kappa shape index (κ1) is 20.8. The molecule has 0 aliphatic heterocycles. The Balaban J connectivity index is 3.13. The van der Waals surface area contributed by atoms with Crippen LogP contribution in [-0.4, -0.2) is 45.1 Å². The second kappa shape index (κ2) is 8.20. The monoisotopic (exact) mass is 364 g/mol. The van der Waals surface area contributed by atoms with Gasteiger partial charge in [-0.2, -0.15) is 0 Å². The number of nitrogens with one attached hydrogen (secondary N) is 1. The summed E-state index contributed by atoms with van der Waals surface area (Å²) in [6, 6.07) is 5.43. The number of carbonyl (C=O) groups is 2. The molecular formula is C18H28N2O4Si. The van der Waals surface area contributed by atoms with Gasteiger partial charge in [-0.15, -0.1) is 0 Å². The second-order valence-electron chi connectivity index (χ2n) is 7.34. The highest BCUT2D eigenvalue weighted by atomic mass is 28.3. The lowest BCUT2D eigenvalue weighted by molar-refractivity contribution is -0.132. The van der Waals surface area contributed by atoms with Crippen LogP contribution in [0, 0.1) is 0 Å². The predicted molar refractivity (Wildman–Crippen MR) is 105 cm³/mol. The van der Waals surface area contributed by atoms with Gasteiger partial charge < -0.3 is 14.7 Å². The molecule has 1 atom stereocenters. The van der Waals surface area contributed by atoms with Gasteiger partial charge in [0.15, 0.2) is 0 Å². The quantitative estimate of drug-likeness (QED) is 0.588. The molecule has 1 aromatic rings. The number of carbonyl (C=O) groups excluding carboxylic acids is 1. The molecule has 1 aromatic carbocycles. The first-order valence-corrected chi connectivity index (χ1v) is 11.7. The van der Waals surface area contributed by atoms with Crippen molar-refractivity contribution in [2.24, 2.45) is 0 Å². The molecular weight excluding hydrogens is 336 g/mol. The molecule has 0 fully saturated rings. The van der Waals surface area contributed by atoms with Gasteiger partial charge in [0.1, 0.15) is 0 Å². The van der Waals surface area contributed by atoms with Crippen molar-refractivity contribution in [1.29, 1.82) is 0 Å². The average Bonchev–Trinajstić information content (AvgIpc) is 2.47. The zero-order valence-electron chi connectivity index (χ0n) is 16.0. The molecule has 1 amide bonds. The van der Waals surface area contributed by atoms with Crippen molar-refractivity contribution < 1.29 is 19.4 Å². The van der Waals surface area contributed by atoms with Gasteiger partial charge in [0, 0.05) is 25.4 Å². The summed E-state index contributed by atoms with van der Waals surface area (Å²) in [6.07, 6.45) is 0.993. The summed E-state index contributed by atoms with van der Waals surface area (Å²) in [6.45, 7) is 9.79. The van der Waals surface area contributed by atoms with E-state index in [1.54, 1.807) is 12.1 Å². The molecule has 0 bridgehead atoms. The smallest absolute Gasteiger partial charge is 0.411 e. The molecule has 0 aromatic heterocycles. The molecule has 0 radical (unpaired) electrons. The minimum absolute atomic E-state index is 0.135. The predicted octanol–water partition coefficient (Wildman–Crippen LogP) is 4.05. The van der Waals surface area contributed by atoms with E-state index in [1.165, 1.54) is 13.0 Å². The number of nitrogens with zero attached hydrogens (tertiary/aromatic N) is 1. The maximum absolute atomic E-state index is 12.3. The molecule has 138 valence electrons. The highest BCUT2D eigenvalue weighted by molar-refractivity contribution is 6.77. The number of carboxylic acid groups (broad SMARTS) is 1. The van der Waals surface area contributed by atoms with Gasteiger partial charge in [-0.1, -0.05) is 25.7 Å². The number of anilines is 2. The summed E-state index contributed by atoms with van der Waals surface area (Å²) < 4.78 is 5.49. The fourth-order valence-corrected chi connectivity index (χ4v) is 2.29. The third-order valence-corrected chi connectivity index (χ3v) is 6.56. The highest BCUT2D eigenvalue weighted by Gasteiger charge is 2.26. The number of hydrogen-bond donors (Lipinski definition) is 2. The van der Waals surface area contributed by atoms with Crippen LogP contribution in [0.25, 0.3) is 6.08 Å². The maximum Gasteiger partial charge on any atom is 0.411 e. The molecule has 0 saturated carbocycles. The van der Waals surface area contributed by atoms with Crippen LogP contribution in [0.1, 0.15) is 19.4 Å². The Bertz CT molecular complexity index is 678. The van der Waals surface area contributed by atoms with Crippen molar-refractivity contribution in [3.63, 3.8) is 0 Å². The fourth-order valence-electron chi connectivity index (χ4n) is 1.83. The summed E-state index contributed by atoms with van der Waals surface area (Å²) in [5.41, 5.74) is 2.06. The highest BCUT2D eigenvalue weighted by Crippen LogP contribution is 2.25. The molecule has 25 heavy (non-hydrogen) atoms. The van der Waals surface area contributed by atoms with Gasteiger partial charge in [0.25, 0.3) is 0 Å². The first-order valence-electron chi connectivity index (χ1n) is 8.12. The van der Waals surface area contributed by atoms with Crippen molar-refractivity contribution >= 4 is 37.6 Å². The second-order valence-corrected chi connectivity index (χ2v) is 12.9. The van der Waals surface area contributed by atoms with Gasteiger partial charge in [0.05, 0.1) is 19.5 Å². The normalized spacial score (nSPS) is 13.2. The summed E-state index contributed by atoms with van der Waals surface area (Å²) in [7, 11) is 2.18. The summed E-state index contributed by atoms with van der Waals surface area (Å²) in [5, 5.41) is 11.8. The molecule has 7 heteroatoms. The van der Waals surface area contributed by atoms with Crippen LogP contribution in [0.5, 0.6) is 0 Å². The topological polar surface area (TPSA) is 78.9 Å². The van der Waals surface area contributed by atoms with Crippen LogP contribution in [0.3, 0.4) is 0 Å². The Kier molecular flexibility index (Phi) is 6.81. The third-order valence-electron chi connectivity index (χ3n) is 4.00. The SMILES string of the molecule is CC(=Cc1ccc(N(C)C)cc1NC(=O)OC(C)[Si](C)(C)C)C(=O)O. The molecule has 6 nitrogen and oxygen atoms in total. The molecule has 2 N–H and O–H groups in total. The summed E-state index contributed by atoms with van der Waals surface area (Å²) in [4.78, 5) is 25.2. The van der Waals surface area contributed by atoms with E-state index in [-0.39, 0.29) is 11.3 Å². The van der Waals surface area contributed by atoms with E-state index in [1.807, 2.05) is 32.0 Å². The van der Waals surface area contributed by atoms with Crippen molar-refractivity contribution in [2.45, 2.75) is 39.2 Å². The van der Waals surface area contributed by atoms with Crippen LogP contribution in [0.15, 0.2) is 23.8 Å². The Hall–Kier alpha value is -2.28. The number of amides is 1. The molecule has 0 aliphatic rings. The zero-order chi connectivity index (χ0) is 19.4. The average molecular weight is 365 g/mol. The van der Waals surface area contributed by atoms with Crippen LogP contribution in [0.4, 0.5) is 16.2 Å². The van der Waals surface area contributed by atoms with Gasteiger partial charge in [-0.05, 0) is 37.6 Å². The van der Waals surface area contributed by atoms with Crippen LogP contribution < -0.4 is 10.2 Å². The number of rotatable bonds is 6. The van der Waals surface area contributed by atoms with Gasteiger partial charge in [-0.25, -0.2) is 9.59 Å². The Morgan fingerprint density at radius 2 is 1.88 bits per heavy atom. The molecule has 0 aliphatic carbocycles. The molecule has 0 spiro atoms. The van der Waals surface area contributed by atoms with E-state index in [2.05, 4.69) is 25.0 Å². The fraction of sp³-hybridized carbons (Fsp3) is 0.444. The van der Waals surface area contributed by atoms with Gasteiger partial charge in [-0.3, -0.25) is 5.32 Å². The van der Waals surface area contributed by atoms with Crippen LogP contribution >= 0.6 is 0 Å². The number of benzene rings is 1. The van der Waals surface area contributed by atoms with Gasteiger partial charge >= 0.3 is 12.1 Å². The number of aliphatic carboxylic acids is 1. The number of hydrogen-bond acceptors (Lipinski definition) is 4. The summed E-state index contributed by atoms with van der Waals surface area (Å²) in [5.74, 6) is -1.00. The Morgan fingerprint density at radius 3 is 2.36 bits per heavy atom. The summed E-state index contributed by atoms with van der Waals surface area (Å²) >= 11 is 0. The van der Waals surface area contributed by atoms with E-state index in [9.17, 15) is 9.59 Å². The molecule has 1 rings (SSSR count). The van der Waals surface area contributed by atoms with E-state index in [0.717, 1.165) is 5.69 Å². The minimum Gasteiger partial charge on any atom is -0.478 e. The van der Waals surface area contributed by atoms with E-state index in [0.29, 0.717) is 11.3 Å². The van der Waals surface area contributed by atoms with Gasteiger partial charge in [0.2, 0.25) is 0 Å². The minimum atomic E-state index is -1.61. The van der Waals surface area contributed by atoms with E-state index >= 15 is 0 Å².